The van der Waals surface area contributed by atoms with Crippen LogP contribution in [0.15, 0.2) is 53.4 Å². The topological polar surface area (TPSA) is 84.5 Å². The number of carbonyl (C=O) groups is 1. The fraction of sp³-hybridized carbons (Fsp3) is 0.381. The minimum absolute atomic E-state index is 0.0990. The number of hydrogen-bond acceptors (Lipinski definition) is 4. The van der Waals surface area contributed by atoms with Gasteiger partial charge in [0.05, 0.1) is 16.9 Å². The van der Waals surface area contributed by atoms with E-state index in [0.29, 0.717) is 24.1 Å². The van der Waals surface area contributed by atoms with Gasteiger partial charge in [-0.2, -0.15) is 0 Å². The van der Waals surface area contributed by atoms with Crippen LogP contribution in [0.1, 0.15) is 31.7 Å². The first kappa shape index (κ1) is 21.4. The molecule has 2 aromatic carbocycles. The number of benzene rings is 2. The molecule has 2 aromatic rings. The van der Waals surface area contributed by atoms with Crippen molar-refractivity contribution >= 4 is 21.6 Å². The van der Waals surface area contributed by atoms with Crippen molar-refractivity contribution < 1.29 is 22.3 Å². The Morgan fingerprint density at radius 2 is 1.90 bits per heavy atom. The minimum atomic E-state index is -3.68. The molecule has 0 saturated heterocycles. The lowest BCUT2D eigenvalue weighted by atomic mass is 9.63. The summed E-state index contributed by atoms with van der Waals surface area (Å²) in [6, 6.07) is 11.7. The van der Waals surface area contributed by atoms with Crippen LogP contribution in [-0.2, 0) is 25.0 Å². The van der Waals surface area contributed by atoms with Crippen LogP contribution in [0.25, 0.3) is 0 Å². The van der Waals surface area contributed by atoms with Crippen LogP contribution in [0, 0.1) is 5.82 Å². The second kappa shape index (κ2) is 8.61. The number of anilines is 1. The molecular weight excluding hydrogens is 395 g/mol. The number of rotatable bonds is 8. The molecule has 0 spiro atoms. The average molecular weight is 421 g/mol. The lowest BCUT2D eigenvalue weighted by Gasteiger charge is -2.40. The van der Waals surface area contributed by atoms with Gasteiger partial charge in [0.15, 0.2) is 0 Å². The first-order chi connectivity index (χ1) is 13.8. The SMILES string of the molecule is COCC(C)NS(=O)(=O)c1ccc(NC(=O)C2(c3cccc(F)c3)CCC2)cc1. The Hall–Kier alpha value is -2.29. The highest BCUT2D eigenvalue weighted by Gasteiger charge is 2.45. The molecule has 29 heavy (non-hydrogen) atoms. The van der Waals surface area contributed by atoms with Crippen molar-refractivity contribution in [2.45, 2.75) is 42.5 Å². The van der Waals surface area contributed by atoms with Crippen LogP contribution in [0.5, 0.6) is 0 Å². The van der Waals surface area contributed by atoms with Gasteiger partial charge in [0, 0.05) is 18.8 Å². The Morgan fingerprint density at radius 3 is 2.45 bits per heavy atom. The van der Waals surface area contributed by atoms with E-state index in [1.807, 2.05) is 0 Å². The zero-order valence-corrected chi connectivity index (χ0v) is 17.3. The van der Waals surface area contributed by atoms with E-state index in [-0.39, 0.29) is 29.3 Å². The summed E-state index contributed by atoms with van der Waals surface area (Å²) >= 11 is 0. The van der Waals surface area contributed by atoms with Crippen molar-refractivity contribution in [1.82, 2.24) is 4.72 Å². The zero-order chi connectivity index (χ0) is 21.1. The molecule has 0 aromatic heterocycles. The number of carbonyl (C=O) groups excluding carboxylic acids is 1. The summed E-state index contributed by atoms with van der Waals surface area (Å²) < 4.78 is 45.9. The van der Waals surface area contributed by atoms with E-state index in [0.717, 1.165) is 6.42 Å². The van der Waals surface area contributed by atoms with Gasteiger partial charge in [-0.25, -0.2) is 17.5 Å². The summed E-state index contributed by atoms with van der Waals surface area (Å²) in [6.07, 6.45) is 2.19. The Bertz CT molecular complexity index is 972. The van der Waals surface area contributed by atoms with E-state index in [4.69, 9.17) is 4.74 Å². The van der Waals surface area contributed by atoms with Gasteiger partial charge >= 0.3 is 0 Å². The fourth-order valence-corrected chi connectivity index (χ4v) is 4.78. The summed E-state index contributed by atoms with van der Waals surface area (Å²) in [4.78, 5) is 13.0. The van der Waals surface area contributed by atoms with Gasteiger partial charge in [0.2, 0.25) is 15.9 Å². The lowest BCUT2D eigenvalue weighted by Crippen LogP contribution is -2.46. The van der Waals surface area contributed by atoms with Crippen molar-refractivity contribution in [2.24, 2.45) is 0 Å². The third-order valence-electron chi connectivity index (χ3n) is 5.21. The monoisotopic (exact) mass is 420 g/mol. The van der Waals surface area contributed by atoms with Crippen LogP contribution in [-0.4, -0.2) is 34.1 Å². The van der Waals surface area contributed by atoms with Gasteiger partial charge < -0.3 is 10.1 Å². The smallest absolute Gasteiger partial charge is 0.240 e. The quantitative estimate of drug-likeness (QED) is 0.687. The van der Waals surface area contributed by atoms with Crippen molar-refractivity contribution in [3.8, 4) is 0 Å². The van der Waals surface area contributed by atoms with E-state index >= 15 is 0 Å². The van der Waals surface area contributed by atoms with Gasteiger partial charge in [-0.3, -0.25) is 4.79 Å². The number of ether oxygens (including phenoxy) is 1. The predicted octanol–water partition coefficient (Wildman–Crippen LogP) is 3.20. The van der Waals surface area contributed by atoms with Crippen LogP contribution < -0.4 is 10.0 Å². The molecule has 1 unspecified atom stereocenters. The summed E-state index contributed by atoms with van der Waals surface area (Å²) in [5.74, 6) is -0.580. The van der Waals surface area contributed by atoms with Crippen LogP contribution in [0.2, 0.25) is 0 Å². The maximum Gasteiger partial charge on any atom is 0.240 e. The summed E-state index contributed by atoms with van der Waals surface area (Å²) in [7, 11) is -2.18. The number of hydrogen-bond donors (Lipinski definition) is 2. The first-order valence-electron chi connectivity index (χ1n) is 9.46. The highest BCUT2D eigenvalue weighted by Crippen LogP contribution is 2.44. The molecule has 1 amide bonds. The van der Waals surface area contributed by atoms with Crippen LogP contribution in [0.4, 0.5) is 10.1 Å². The van der Waals surface area contributed by atoms with E-state index < -0.39 is 15.4 Å². The number of nitrogens with one attached hydrogen (secondary N) is 2. The Balaban J connectivity index is 1.73. The summed E-state index contributed by atoms with van der Waals surface area (Å²) in [5.41, 5.74) is 0.405. The van der Waals surface area contributed by atoms with Crippen molar-refractivity contribution in [1.29, 1.82) is 0 Å². The maximum absolute atomic E-state index is 13.6. The van der Waals surface area contributed by atoms with E-state index in [1.54, 1.807) is 31.2 Å². The standard InChI is InChI=1S/C21H25FN2O4S/c1-15(14-28-2)24-29(26,27)19-9-7-18(8-10-19)23-20(25)21(11-4-12-21)16-5-3-6-17(22)13-16/h3,5-10,13,15,24H,4,11-12,14H2,1-2H3,(H,23,25). The number of halogens is 1. The first-order valence-corrected chi connectivity index (χ1v) is 10.9. The summed E-state index contributed by atoms with van der Waals surface area (Å²) in [6.45, 7) is 1.97. The molecule has 1 atom stereocenters. The molecule has 0 radical (unpaired) electrons. The van der Waals surface area contributed by atoms with Crippen molar-refractivity contribution in [3.63, 3.8) is 0 Å². The third kappa shape index (κ3) is 4.66. The Morgan fingerprint density at radius 1 is 1.21 bits per heavy atom. The molecule has 0 heterocycles. The fourth-order valence-electron chi connectivity index (χ4n) is 3.55. The Kier molecular flexibility index (Phi) is 6.36. The van der Waals surface area contributed by atoms with Crippen LogP contribution >= 0.6 is 0 Å². The van der Waals surface area contributed by atoms with Gasteiger partial charge in [0.25, 0.3) is 0 Å². The van der Waals surface area contributed by atoms with Crippen LogP contribution in [0.3, 0.4) is 0 Å². The lowest BCUT2D eigenvalue weighted by molar-refractivity contribution is -0.124. The normalized spacial score (nSPS) is 16.7. The predicted molar refractivity (Wildman–Crippen MR) is 109 cm³/mol. The molecular formula is C21H25FN2O4S. The van der Waals surface area contributed by atoms with Gasteiger partial charge in [-0.05, 0) is 61.7 Å². The molecule has 8 heteroatoms. The highest BCUT2D eigenvalue weighted by molar-refractivity contribution is 7.89. The second-order valence-electron chi connectivity index (χ2n) is 7.40. The minimum Gasteiger partial charge on any atom is -0.383 e. The molecule has 1 aliphatic rings. The molecule has 0 bridgehead atoms. The van der Waals surface area contributed by atoms with Crippen molar-refractivity contribution in [3.05, 3.63) is 59.9 Å². The highest BCUT2D eigenvalue weighted by atomic mass is 32.2. The van der Waals surface area contributed by atoms with E-state index in [9.17, 15) is 17.6 Å². The summed E-state index contributed by atoms with van der Waals surface area (Å²) in [5, 5.41) is 2.85. The zero-order valence-electron chi connectivity index (χ0n) is 16.4. The van der Waals surface area contributed by atoms with E-state index in [1.165, 1.54) is 31.4 Å². The van der Waals surface area contributed by atoms with Gasteiger partial charge in [0.1, 0.15) is 5.82 Å². The number of sulfonamides is 1. The molecule has 1 aliphatic carbocycles. The van der Waals surface area contributed by atoms with Gasteiger partial charge in [-0.1, -0.05) is 18.6 Å². The average Bonchev–Trinajstić information content (AvgIpc) is 2.61. The van der Waals surface area contributed by atoms with E-state index in [2.05, 4.69) is 10.0 Å². The number of methoxy groups -OCH3 is 1. The molecule has 2 N–H and O–H groups in total. The van der Waals surface area contributed by atoms with Gasteiger partial charge in [-0.15, -0.1) is 0 Å². The molecule has 156 valence electrons. The Labute approximate surface area is 170 Å². The number of amides is 1. The van der Waals surface area contributed by atoms with Crippen molar-refractivity contribution in [2.75, 3.05) is 19.0 Å². The largest absolute Gasteiger partial charge is 0.383 e. The molecule has 1 saturated carbocycles. The molecule has 1 fully saturated rings. The molecule has 3 rings (SSSR count). The maximum atomic E-state index is 13.6. The molecule has 0 aliphatic heterocycles. The molecule has 6 nitrogen and oxygen atoms in total. The second-order valence-corrected chi connectivity index (χ2v) is 9.12. The third-order valence-corrected chi connectivity index (χ3v) is 6.82.